The summed E-state index contributed by atoms with van der Waals surface area (Å²) in [6.07, 6.45) is 1.64. The molecule has 2 aromatic rings. The first-order valence-electron chi connectivity index (χ1n) is 6.17. The van der Waals surface area contributed by atoms with Gasteiger partial charge < -0.3 is 14.8 Å². The van der Waals surface area contributed by atoms with E-state index in [1.54, 1.807) is 0 Å². The Labute approximate surface area is 118 Å². The summed E-state index contributed by atoms with van der Waals surface area (Å²) in [5.74, 6) is 0.0733. The maximum atomic E-state index is 12.2. The number of benzene rings is 1. The van der Waals surface area contributed by atoms with Gasteiger partial charge in [-0.25, -0.2) is 0 Å². The van der Waals surface area contributed by atoms with Gasteiger partial charge in [-0.05, 0) is 38.0 Å². The second kappa shape index (κ2) is 4.35. The lowest BCUT2D eigenvalue weighted by Crippen LogP contribution is -2.39. The van der Waals surface area contributed by atoms with Crippen molar-refractivity contribution >= 4 is 32.8 Å². The number of rotatable bonds is 3. The Bertz CT molecular complexity index is 658. The molecule has 0 atom stereocenters. The van der Waals surface area contributed by atoms with Crippen molar-refractivity contribution in [3.8, 4) is 0 Å². The quantitative estimate of drug-likeness (QED) is 0.913. The number of amides is 1. The smallest absolute Gasteiger partial charge is 0.287 e. The minimum Gasteiger partial charge on any atom is -0.451 e. The van der Waals surface area contributed by atoms with E-state index >= 15 is 0 Å². The molecular weight excluding hydrogens is 310 g/mol. The molecule has 1 fully saturated rings. The normalized spacial score (nSPS) is 16.6. The van der Waals surface area contributed by atoms with Crippen molar-refractivity contribution in [2.45, 2.75) is 25.3 Å². The molecule has 1 heterocycles. The third-order valence-electron chi connectivity index (χ3n) is 3.64. The first-order valence-corrected chi connectivity index (χ1v) is 6.96. The molecule has 0 radical (unpaired) electrons. The highest BCUT2D eigenvalue weighted by Crippen LogP contribution is 2.35. The molecule has 3 rings (SSSR count). The number of furan rings is 1. The van der Waals surface area contributed by atoms with Crippen LogP contribution in [0.15, 0.2) is 27.1 Å². The van der Waals surface area contributed by atoms with E-state index in [9.17, 15) is 9.90 Å². The van der Waals surface area contributed by atoms with Crippen molar-refractivity contribution < 1.29 is 14.3 Å². The van der Waals surface area contributed by atoms with Crippen LogP contribution in [0.25, 0.3) is 11.0 Å². The van der Waals surface area contributed by atoms with Crippen molar-refractivity contribution in [2.75, 3.05) is 6.61 Å². The lowest BCUT2D eigenvalue weighted by molar-refractivity contribution is 0.0880. The first kappa shape index (κ1) is 12.7. The van der Waals surface area contributed by atoms with Crippen LogP contribution in [0.2, 0.25) is 0 Å². The fourth-order valence-electron chi connectivity index (χ4n) is 2.18. The van der Waals surface area contributed by atoms with Crippen LogP contribution in [0, 0.1) is 6.92 Å². The molecule has 0 bridgehead atoms. The number of hydrogen-bond acceptors (Lipinski definition) is 3. The number of aliphatic hydroxyl groups excluding tert-OH is 1. The second-order valence-corrected chi connectivity index (χ2v) is 6.00. The highest BCUT2D eigenvalue weighted by atomic mass is 79.9. The summed E-state index contributed by atoms with van der Waals surface area (Å²) in [5.41, 5.74) is 1.09. The number of carbonyl (C=O) groups excluding carboxylic acids is 1. The van der Waals surface area contributed by atoms with Crippen LogP contribution in [0.4, 0.5) is 0 Å². The number of fused-ring (bicyclic) bond motifs is 1. The van der Waals surface area contributed by atoms with E-state index < -0.39 is 5.54 Å². The Hall–Kier alpha value is -1.33. The zero-order valence-corrected chi connectivity index (χ0v) is 12.1. The Balaban J connectivity index is 1.96. The third kappa shape index (κ3) is 2.17. The summed E-state index contributed by atoms with van der Waals surface area (Å²) >= 11 is 3.41. The van der Waals surface area contributed by atoms with E-state index in [1.165, 1.54) is 0 Å². The largest absolute Gasteiger partial charge is 0.451 e. The van der Waals surface area contributed by atoms with E-state index in [2.05, 4.69) is 21.2 Å². The van der Waals surface area contributed by atoms with E-state index in [0.29, 0.717) is 11.3 Å². The van der Waals surface area contributed by atoms with Gasteiger partial charge in [0.1, 0.15) is 5.58 Å². The summed E-state index contributed by atoms with van der Waals surface area (Å²) in [4.78, 5) is 12.2. The summed E-state index contributed by atoms with van der Waals surface area (Å²) in [6, 6.07) is 5.65. The fraction of sp³-hybridized carbons (Fsp3) is 0.357. The molecular formula is C14H14BrNO3. The molecule has 0 unspecified atom stereocenters. The van der Waals surface area contributed by atoms with Gasteiger partial charge in [0, 0.05) is 15.4 Å². The molecule has 0 spiro atoms. The van der Waals surface area contributed by atoms with E-state index in [4.69, 9.17) is 4.42 Å². The van der Waals surface area contributed by atoms with Crippen molar-refractivity contribution in [3.05, 3.63) is 34.0 Å². The highest BCUT2D eigenvalue weighted by molar-refractivity contribution is 9.10. The molecule has 0 aliphatic heterocycles. The molecule has 5 heteroatoms. The van der Waals surface area contributed by atoms with Crippen LogP contribution in [0.5, 0.6) is 0 Å². The Morgan fingerprint density at radius 3 is 2.89 bits per heavy atom. The maximum absolute atomic E-state index is 12.2. The molecule has 1 aliphatic carbocycles. The molecule has 1 aliphatic rings. The topological polar surface area (TPSA) is 62.5 Å². The molecule has 2 N–H and O–H groups in total. The van der Waals surface area contributed by atoms with Crippen LogP contribution in [-0.2, 0) is 0 Å². The van der Waals surface area contributed by atoms with Crippen LogP contribution in [0.3, 0.4) is 0 Å². The van der Waals surface area contributed by atoms with Crippen LogP contribution in [0.1, 0.15) is 29.0 Å². The zero-order chi connectivity index (χ0) is 13.6. The van der Waals surface area contributed by atoms with Crippen molar-refractivity contribution in [3.63, 3.8) is 0 Å². The van der Waals surface area contributed by atoms with Gasteiger partial charge in [0.2, 0.25) is 0 Å². The highest BCUT2D eigenvalue weighted by Gasteiger charge is 2.44. The van der Waals surface area contributed by atoms with Gasteiger partial charge in [-0.2, -0.15) is 0 Å². The molecule has 1 aromatic carbocycles. The molecule has 4 nitrogen and oxygen atoms in total. The molecule has 0 saturated heterocycles. The van der Waals surface area contributed by atoms with E-state index in [-0.39, 0.29) is 12.5 Å². The summed E-state index contributed by atoms with van der Waals surface area (Å²) in [6.45, 7) is 1.84. The predicted octanol–water partition coefficient (Wildman–Crippen LogP) is 2.76. The van der Waals surface area contributed by atoms with Gasteiger partial charge in [-0.3, -0.25) is 4.79 Å². The van der Waals surface area contributed by atoms with Gasteiger partial charge in [0.05, 0.1) is 12.1 Å². The van der Waals surface area contributed by atoms with Crippen molar-refractivity contribution in [1.29, 1.82) is 0 Å². The maximum Gasteiger partial charge on any atom is 0.287 e. The average Bonchev–Trinajstić information content (AvgIpc) is 3.09. The van der Waals surface area contributed by atoms with Crippen LogP contribution >= 0.6 is 15.9 Å². The predicted molar refractivity (Wildman–Crippen MR) is 75.2 cm³/mol. The molecule has 1 amide bonds. The minimum atomic E-state index is -0.427. The Kier molecular flexibility index (Phi) is 2.91. The number of aliphatic hydroxyl groups is 1. The van der Waals surface area contributed by atoms with Crippen molar-refractivity contribution in [2.24, 2.45) is 0 Å². The lowest BCUT2D eigenvalue weighted by atomic mass is 10.1. The number of aryl methyl sites for hydroxylation is 1. The van der Waals surface area contributed by atoms with Gasteiger partial charge in [-0.15, -0.1) is 0 Å². The van der Waals surface area contributed by atoms with Gasteiger partial charge in [0.15, 0.2) is 5.76 Å². The second-order valence-electron chi connectivity index (χ2n) is 5.09. The minimum absolute atomic E-state index is 0.0242. The van der Waals surface area contributed by atoms with Crippen molar-refractivity contribution in [1.82, 2.24) is 5.32 Å². The SMILES string of the molecule is Cc1c(C(=O)NC2(CO)CC2)oc2ccc(Br)cc12. The Morgan fingerprint density at radius 1 is 1.53 bits per heavy atom. The molecule has 1 saturated carbocycles. The van der Waals surface area contributed by atoms with Crippen LogP contribution in [-0.4, -0.2) is 23.2 Å². The monoisotopic (exact) mass is 323 g/mol. The molecule has 100 valence electrons. The van der Waals surface area contributed by atoms with E-state index in [1.807, 2.05) is 25.1 Å². The van der Waals surface area contributed by atoms with Gasteiger partial charge in [-0.1, -0.05) is 15.9 Å². The summed E-state index contributed by atoms with van der Waals surface area (Å²) in [5, 5.41) is 13.0. The number of hydrogen-bond donors (Lipinski definition) is 2. The average molecular weight is 324 g/mol. The molecule has 1 aromatic heterocycles. The first-order chi connectivity index (χ1) is 9.04. The number of nitrogens with one attached hydrogen (secondary N) is 1. The number of halogens is 1. The summed E-state index contributed by atoms with van der Waals surface area (Å²) < 4.78 is 6.57. The van der Waals surface area contributed by atoms with E-state index in [0.717, 1.165) is 28.3 Å². The van der Waals surface area contributed by atoms with Crippen LogP contribution < -0.4 is 5.32 Å². The van der Waals surface area contributed by atoms with Gasteiger partial charge >= 0.3 is 0 Å². The molecule has 19 heavy (non-hydrogen) atoms. The Morgan fingerprint density at radius 2 is 2.26 bits per heavy atom. The summed E-state index contributed by atoms with van der Waals surface area (Å²) in [7, 11) is 0. The third-order valence-corrected chi connectivity index (χ3v) is 4.13. The zero-order valence-electron chi connectivity index (χ0n) is 10.5. The standard InChI is InChI=1S/C14H14BrNO3/c1-8-10-6-9(15)2-3-11(10)19-12(8)13(18)16-14(7-17)4-5-14/h2-3,6,17H,4-5,7H2,1H3,(H,16,18). The van der Waals surface area contributed by atoms with Gasteiger partial charge in [0.25, 0.3) is 5.91 Å². The number of carbonyl (C=O) groups is 1. The fourth-order valence-corrected chi connectivity index (χ4v) is 2.54. The lowest BCUT2D eigenvalue weighted by Gasteiger charge is -2.12.